The molecule has 0 bridgehead atoms. The monoisotopic (exact) mass is 171 g/mol. The van der Waals surface area contributed by atoms with E-state index in [9.17, 15) is 4.79 Å². The lowest BCUT2D eigenvalue weighted by Crippen LogP contribution is -2.17. The number of carbonyl (C=O) groups excluding carboxylic acids is 1. The van der Waals surface area contributed by atoms with E-state index in [1.807, 2.05) is 0 Å². The number of rotatable bonds is 7. The summed E-state index contributed by atoms with van der Waals surface area (Å²) in [6, 6.07) is 0. The summed E-state index contributed by atoms with van der Waals surface area (Å²) in [7, 11) is 0. The molecule has 0 aliphatic heterocycles. The van der Waals surface area contributed by atoms with Gasteiger partial charge in [0.05, 0.1) is 6.54 Å². The van der Waals surface area contributed by atoms with Crippen LogP contribution in [-0.4, -0.2) is 12.3 Å². The topological polar surface area (TPSA) is 43.1 Å². The van der Waals surface area contributed by atoms with Crippen LogP contribution in [0, 0.1) is 5.92 Å². The number of hydrogen-bond donors (Lipinski definition) is 1. The van der Waals surface area contributed by atoms with Crippen molar-refractivity contribution >= 4 is 5.78 Å². The molecule has 0 aliphatic carbocycles. The van der Waals surface area contributed by atoms with Gasteiger partial charge in [-0.25, -0.2) is 0 Å². The van der Waals surface area contributed by atoms with E-state index in [-0.39, 0.29) is 12.3 Å². The molecular formula is C10H21NO. The maximum absolute atomic E-state index is 11.0. The van der Waals surface area contributed by atoms with Gasteiger partial charge in [-0.15, -0.1) is 0 Å². The van der Waals surface area contributed by atoms with Gasteiger partial charge in [-0.05, 0) is 5.92 Å². The Morgan fingerprint density at radius 2 is 2.08 bits per heavy atom. The van der Waals surface area contributed by atoms with Gasteiger partial charge in [-0.1, -0.05) is 39.5 Å². The van der Waals surface area contributed by atoms with Crippen molar-refractivity contribution in [2.45, 2.75) is 46.0 Å². The number of unbranched alkanes of at least 4 members (excludes halogenated alkanes) is 1. The summed E-state index contributed by atoms with van der Waals surface area (Å²) in [4.78, 5) is 11.0. The molecule has 1 unspecified atom stereocenters. The Morgan fingerprint density at radius 3 is 2.50 bits per heavy atom. The highest BCUT2D eigenvalue weighted by atomic mass is 16.1. The molecule has 12 heavy (non-hydrogen) atoms. The minimum absolute atomic E-state index is 0.206. The molecule has 2 N–H and O–H groups in total. The third-order valence-electron chi connectivity index (χ3n) is 2.29. The zero-order valence-electron chi connectivity index (χ0n) is 8.31. The van der Waals surface area contributed by atoms with Gasteiger partial charge in [0.1, 0.15) is 5.78 Å². The second kappa shape index (κ2) is 7.29. The molecule has 2 heteroatoms. The standard InChI is InChI=1S/C10H21NO/c1-3-5-6-9(4-2)7-10(12)8-11/h9H,3-8,11H2,1-2H3. The normalized spacial score (nSPS) is 12.9. The minimum atomic E-state index is 0.206. The van der Waals surface area contributed by atoms with E-state index in [1.165, 1.54) is 19.3 Å². The summed E-state index contributed by atoms with van der Waals surface area (Å²) in [5.74, 6) is 0.777. The van der Waals surface area contributed by atoms with E-state index in [1.54, 1.807) is 0 Å². The number of ketones is 1. The van der Waals surface area contributed by atoms with Gasteiger partial charge in [0.15, 0.2) is 0 Å². The lowest BCUT2D eigenvalue weighted by Gasteiger charge is -2.12. The number of Topliss-reactive ketones (excluding diaryl/α,β-unsaturated/α-hetero) is 1. The predicted molar refractivity (Wildman–Crippen MR) is 52.0 cm³/mol. The summed E-state index contributed by atoms with van der Waals surface area (Å²) in [6.45, 7) is 4.53. The van der Waals surface area contributed by atoms with Crippen LogP contribution < -0.4 is 5.73 Å². The summed E-state index contributed by atoms with van der Waals surface area (Å²) >= 11 is 0. The molecule has 0 saturated carbocycles. The van der Waals surface area contributed by atoms with E-state index in [2.05, 4.69) is 13.8 Å². The van der Waals surface area contributed by atoms with Crippen LogP contribution in [0.2, 0.25) is 0 Å². The highest BCUT2D eigenvalue weighted by Gasteiger charge is 2.09. The smallest absolute Gasteiger partial charge is 0.146 e. The molecule has 0 radical (unpaired) electrons. The van der Waals surface area contributed by atoms with Crippen molar-refractivity contribution in [3.63, 3.8) is 0 Å². The molecule has 0 amide bonds. The van der Waals surface area contributed by atoms with Crippen molar-refractivity contribution in [3.05, 3.63) is 0 Å². The van der Waals surface area contributed by atoms with Crippen molar-refractivity contribution in [2.75, 3.05) is 6.54 Å². The van der Waals surface area contributed by atoms with Crippen LogP contribution in [-0.2, 0) is 4.79 Å². The van der Waals surface area contributed by atoms with E-state index >= 15 is 0 Å². The van der Waals surface area contributed by atoms with Gasteiger partial charge < -0.3 is 5.73 Å². The second-order valence-electron chi connectivity index (χ2n) is 3.36. The fourth-order valence-corrected chi connectivity index (χ4v) is 1.35. The van der Waals surface area contributed by atoms with Gasteiger partial charge in [-0.2, -0.15) is 0 Å². The number of nitrogens with two attached hydrogens (primary N) is 1. The molecule has 1 atom stereocenters. The number of hydrogen-bond acceptors (Lipinski definition) is 2. The number of carbonyl (C=O) groups is 1. The van der Waals surface area contributed by atoms with Crippen LogP contribution in [0.3, 0.4) is 0 Å². The fourth-order valence-electron chi connectivity index (χ4n) is 1.35. The van der Waals surface area contributed by atoms with E-state index < -0.39 is 0 Å². The van der Waals surface area contributed by atoms with Gasteiger partial charge in [-0.3, -0.25) is 4.79 Å². The lowest BCUT2D eigenvalue weighted by atomic mass is 9.94. The maximum atomic E-state index is 11.0. The molecule has 0 heterocycles. The van der Waals surface area contributed by atoms with Crippen LogP contribution in [0.4, 0.5) is 0 Å². The van der Waals surface area contributed by atoms with Crippen molar-refractivity contribution in [1.82, 2.24) is 0 Å². The Morgan fingerprint density at radius 1 is 1.42 bits per heavy atom. The SMILES string of the molecule is CCCCC(CC)CC(=O)CN. The van der Waals surface area contributed by atoms with Crippen LogP contribution in [0.5, 0.6) is 0 Å². The van der Waals surface area contributed by atoms with Crippen molar-refractivity contribution in [2.24, 2.45) is 11.7 Å². The summed E-state index contributed by atoms with van der Waals surface area (Å²) in [5, 5.41) is 0. The van der Waals surface area contributed by atoms with E-state index in [4.69, 9.17) is 5.73 Å². The Labute approximate surface area is 75.5 Å². The second-order valence-corrected chi connectivity index (χ2v) is 3.36. The first-order valence-electron chi connectivity index (χ1n) is 4.96. The van der Waals surface area contributed by atoms with Gasteiger partial charge in [0, 0.05) is 6.42 Å². The average Bonchev–Trinajstić information content (AvgIpc) is 2.11. The highest BCUT2D eigenvalue weighted by molar-refractivity contribution is 5.80. The third-order valence-corrected chi connectivity index (χ3v) is 2.29. The van der Waals surface area contributed by atoms with E-state index in [0.717, 1.165) is 6.42 Å². The largest absolute Gasteiger partial charge is 0.324 e. The molecule has 0 saturated heterocycles. The molecule has 0 aromatic rings. The van der Waals surface area contributed by atoms with E-state index in [0.29, 0.717) is 12.3 Å². The average molecular weight is 171 g/mol. The van der Waals surface area contributed by atoms with Crippen LogP contribution in [0.25, 0.3) is 0 Å². The molecule has 0 aromatic carbocycles. The van der Waals surface area contributed by atoms with Crippen LogP contribution >= 0.6 is 0 Å². The van der Waals surface area contributed by atoms with Crippen molar-refractivity contribution < 1.29 is 4.79 Å². The zero-order chi connectivity index (χ0) is 9.40. The Hall–Kier alpha value is -0.370. The summed E-state index contributed by atoms with van der Waals surface area (Å²) < 4.78 is 0. The molecule has 0 spiro atoms. The first-order valence-corrected chi connectivity index (χ1v) is 4.96. The Balaban J connectivity index is 3.59. The van der Waals surface area contributed by atoms with Gasteiger partial charge >= 0.3 is 0 Å². The molecular weight excluding hydrogens is 150 g/mol. The first-order chi connectivity index (χ1) is 5.74. The molecule has 0 rings (SSSR count). The minimum Gasteiger partial charge on any atom is -0.324 e. The van der Waals surface area contributed by atoms with Crippen LogP contribution in [0.1, 0.15) is 46.0 Å². The molecule has 0 aliphatic rings. The quantitative estimate of drug-likeness (QED) is 0.637. The fraction of sp³-hybridized carbons (Fsp3) is 0.900. The molecule has 2 nitrogen and oxygen atoms in total. The summed E-state index contributed by atoms with van der Waals surface area (Å²) in [5.41, 5.74) is 5.25. The Kier molecular flexibility index (Phi) is 7.06. The lowest BCUT2D eigenvalue weighted by molar-refractivity contribution is -0.118. The highest BCUT2D eigenvalue weighted by Crippen LogP contribution is 2.16. The molecule has 72 valence electrons. The van der Waals surface area contributed by atoms with Crippen molar-refractivity contribution in [1.29, 1.82) is 0 Å². The van der Waals surface area contributed by atoms with Gasteiger partial charge in [0.25, 0.3) is 0 Å². The van der Waals surface area contributed by atoms with Crippen LogP contribution in [0.15, 0.2) is 0 Å². The first kappa shape index (κ1) is 11.6. The Bertz CT molecular complexity index is 123. The predicted octanol–water partition coefficient (Wildman–Crippen LogP) is 2.12. The van der Waals surface area contributed by atoms with Gasteiger partial charge in [0.2, 0.25) is 0 Å². The van der Waals surface area contributed by atoms with Crippen molar-refractivity contribution in [3.8, 4) is 0 Å². The summed E-state index contributed by atoms with van der Waals surface area (Å²) in [6.07, 6.45) is 5.42. The molecule has 0 fully saturated rings. The zero-order valence-corrected chi connectivity index (χ0v) is 8.31. The maximum Gasteiger partial charge on any atom is 0.146 e. The third kappa shape index (κ3) is 5.30. The molecule has 0 aromatic heterocycles.